The third kappa shape index (κ3) is 4.20. The Hall–Kier alpha value is -3.20. The number of nitrogens with one attached hydrogen (secondary N) is 1. The van der Waals surface area contributed by atoms with Crippen molar-refractivity contribution in [2.45, 2.75) is 25.3 Å². The highest BCUT2D eigenvalue weighted by atomic mass is 32.2. The van der Waals surface area contributed by atoms with Gasteiger partial charge in [0.15, 0.2) is 0 Å². The zero-order valence-corrected chi connectivity index (χ0v) is 16.5. The van der Waals surface area contributed by atoms with Crippen LogP contribution in [0, 0.1) is 13.8 Å². The number of benzene rings is 1. The fraction of sp³-hybridized carbons (Fsp3) is 0.211. The number of hydrogen-bond donors (Lipinski definition) is 1. The molecule has 0 bridgehead atoms. The maximum Gasteiger partial charge on any atom is 0.261 e. The second kappa shape index (κ2) is 7.81. The molecule has 9 heteroatoms. The van der Waals surface area contributed by atoms with E-state index in [-0.39, 0.29) is 10.8 Å². The normalized spacial score (nSPS) is 11.2. The summed E-state index contributed by atoms with van der Waals surface area (Å²) in [5.74, 6) is 0.437. The van der Waals surface area contributed by atoms with E-state index < -0.39 is 10.0 Å². The molecule has 0 saturated carbocycles. The van der Waals surface area contributed by atoms with E-state index in [1.54, 1.807) is 26.1 Å². The van der Waals surface area contributed by atoms with Crippen LogP contribution in [0.4, 0.5) is 5.69 Å². The molecule has 28 heavy (non-hydrogen) atoms. The Morgan fingerprint density at radius 1 is 1.11 bits per heavy atom. The Balaban J connectivity index is 1.73. The number of hydrogen-bond acceptors (Lipinski definition) is 6. The zero-order chi connectivity index (χ0) is 20.3. The largest absolute Gasteiger partial charge is 0.361 e. The molecule has 0 spiro atoms. The SMILES string of the molecule is Cc1noc(C)c1CN(C)C(=O)c1ccc(S(=O)(=O)Nc2ccncc2)cc1. The Kier molecular flexibility index (Phi) is 5.46. The summed E-state index contributed by atoms with van der Waals surface area (Å²) in [4.78, 5) is 18.1. The van der Waals surface area contributed by atoms with Crippen LogP contribution < -0.4 is 4.72 Å². The average molecular weight is 400 g/mol. The van der Waals surface area contributed by atoms with Gasteiger partial charge in [-0.15, -0.1) is 0 Å². The number of carbonyl (C=O) groups excluding carboxylic acids is 1. The highest BCUT2D eigenvalue weighted by Crippen LogP contribution is 2.18. The number of pyridine rings is 1. The molecule has 1 N–H and O–H groups in total. The summed E-state index contributed by atoms with van der Waals surface area (Å²) in [6, 6.07) is 8.90. The van der Waals surface area contributed by atoms with Crippen molar-refractivity contribution in [1.29, 1.82) is 0 Å². The Morgan fingerprint density at radius 3 is 2.32 bits per heavy atom. The lowest BCUT2D eigenvalue weighted by Gasteiger charge is -2.17. The minimum Gasteiger partial charge on any atom is -0.361 e. The van der Waals surface area contributed by atoms with Gasteiger partial charge in [0.25, 0.3) is 15.9 Å². The molecule has 1 amide bonds. The standard InChI is InChI=1S/C19H20N4O4S/c1-13-18(14(2)27-21-13)12-23(3)19(24)15-4-6-17(7-5-15)28(25,26)22-16-8-10-20-11-9-16/h4-11H,12H2,1-3H3,(H,20,22). The van der Waals surface area contributed by atoms with Crippen LogP contribution in [0.25, 0.3) is 0 Å². The topological polar surface area (TPSA) is 105 Å². The van der Waals surface area contributed by atoms with Gasteiger partial charge in [0.05, 0.1) is 22.8 Å². The van der Waals surface area contributed by atoms with Crippen molar-refractivity contribution >= 4 is 21.6 Å². The van der Waals surface area contributed by atoms with Gasteiger partial charge in [0.2, 0.25) is 0 Å². The smallest absolute Gasteiger partial charge is 0.261 e. The van der Waals surface area contributed by atoms with Crippen LogP contribution in [0.2, 0.25) is 0 Å². The van der Waals surface area contributed by atoms with Crippen molar-refractivity contribution in [3.8, 4) is 0 Å². The summed E-state index contributed by atoms with van der Waals surface area (Å²) >= 11 is 0. The molecule has 2 heterocycles. The summed E-state index contributed by atoms with van der Waals surface area (Å²) in [5, 5.41) is 3.88. The van der Waals surface area contributed by atoms with Gasteiger partial charge < -0.3 is 9.42 Å². The number of amides is 1. The molecule has 3 aromatic rings. The number of anilines is 1. The average Bonchev–Trinajstić information content (AvgIpc) is 3.00. The number of rotatable bonds is 6. The lowest BCUT2D eigenvalue weighted by Crippen LogP contribution is -2.26. The lowest BCUT2D eigenvalue weighted by molar-refractivity contribution is 0.0784. The van der Waals surface area contributed by atoms with Crippen molar-refractivity contribution in [1.82, 2.24) is 15.0 Å². The Labute approximate surface area is 163 Å². The van der Waals surface area contributed by atoms with Gasteiger partial charge in [-0.1, -0.05) is 5.16 Å². The van der Waals surface area contributed by atoms with Crippen molar-refractivity contribution in [3.63, 3.8) is 0 Å². The molecule has 0 aliphatic heterocycles. The molecule has 1 aromatic carbocycles. The van der Waals surface area contributed by atoms with Crippen molar-refractivity contribution < 1.29 is 17.7 Å². The maximum atomic E-state index is 12.6. The van der Waals surface area contributed by atoms with Crippen molar-refractivity contribution in [2.75, 3.05) is 11.8 Å². The predicted octanol–water partition coefficient (Wildman–Crippen LogP) is 2.76. The summed E-state index contributed by atoms with van der Waals surface area (Å²) in [5.41, 5.74) is 2.39. The first kappa shape index (κ1) is 19.6. The van der Waals surface area contributed by atoms with Gasteiger partial charge in [-0.25, -0.2) is 8.42 Å². The number of sulfonamides is 1. The molecule has 0 saturated heterocycles. The van der Waals surface area contributed by atoms with Gasteiger partial charge in [-0.05, 0) is 50.2 Å². The van der Waals surface area contributed by atoms with E-state index in [1.807, 2.05) is 6.92 Å². The molecule has 0 unspecified atom stereocenters. The third-order valence-electron chi connectivity index (χ3n) is 4.27. The van der Waals surface area contributed by atoms with Crippen LogP contribution in [-0.2, 0) is 16.6 Å². The lowest BCUT2D eigenvalue weighted by atomic mass is 10.1. The highest BCUT2D eigenvalue weighted by Gasteiger charge is 2.19. The monoisotopic (exact) mass is 400 g/mol. The first-order valence-corrected chi connectivity index (χ1v) is 9.96. The van der Waals surface area contributed by atoms with Crippen molar-refractivity contribution in [3.05, 3.63) is 71.4 Å². The minimum absolute atomic E-state index is 0.0641. The molecule has 0 fully saturated rings. The van der Waals surface area contributed by atoms with Crippen LogP contribution in [0.3, 0.4) is 0 Å². The molecule has 0 aliphatic carbocycles. The number of aromatic nitrogens is 2. The highest BCUT2D eigenvalue weighted by molar-refractivity contribution is 7.92. The minimum atomic E-state index is -3.75. The van der Waals surface area contributed by atoms with E-state index in [9.17, 15) is 13.2 Å². The van der Waals surface area contributed by atoms with Gasteiger partial charge >= 0.3 is 0 Å². The molecule has 0 aliphatic rings. The van der Waals surface area contributed by atoms with Crippen LogP contribution in [-0.4, -0.2) is 36.4 Å². The van der Waals surface area contributed by atoms with Gasteiger partial charge in [-0.3, -0.25) is 14.5 Å². The molecule has 8 nitrogen and oxygen atoms in total. The fourth-order valence-electron chi connectivity index (χ4n) is 2.67. The molecule has 2 aromatic heterocycles. The summed E-state index contributed by atoms with van der Waals surface area (Å²) in [6.45, 7) is 3.96. The van der Waals surface area contributed by atoms with E-state index in [0.717, 1.165) is 11.3 Å². The first-order valence-electron chi connectivity index (χ1n) is 8.48. The molecular formula is C19H20N4O4S. The van der Waals surface area contributed by atoms with Gasteiger partial charge in [-0.2, -0.15) is 0 Å². The van der Waals surface area contributed by atoms with Gasteiger partial charge in [0, 0.05) is 30.6 Å². The van der Waals surface area contributed by atoms with E-state index in [4.69, 9.17) is 4.52 Å². The number of carbonyl (C=O) groups is 1. The van der Waals surface area contributed by atoms with Crippen LogP contribution >= 0.6 is 0 Å². The predicted molar refractivity (Wildman–Crippen MR) is 103 cm³/mol. The van der Waals surface area contributed by atoms with Crippen molar-refractivity contribution in [2.24, 2.45) is 0 Å². The van der Waals surface area contributed by atoms with E-state index in [2.05, 4.69) is 14.9 Å². The Bertz CT molecular complexity index is 1060. The van der Waals surface area contributed by atoms with Gasteiger partial charge in [0.1, 0.15) is 5.76 Å². The molecular weight excluding hydrogens is 380 g/mol. The number of aryl methyl sites for hydroxylation is 2. The maximum absolute atomic E-state index is 12.6. The number of nitrogens with zero attached hydrogens (tertiary/aromatic N) is 3. The van der Waals surface area contributed by atoms with E-state index >= 15 is 0 Å². The van der Waals surface area contributed by atoms with Crippen LogP contribution in [0.1, 0.15) is 27.4 Å². The second-order valence-electron chi connectivity index (χ2n) is 6.33. The van der Waals surface area contributed by atoms with Crippen LogP contribution in [0.15, 0.2) is 58.2 Å². The quantitative estimate of drug-likeness (QED) is 0.682. The molecule has 3 rings (SSSR count). The summed E-state index contributed by atoms with van der Waals surface area (Å²) in [6.07, 6.45) is 2.99. The molecule has 146 valence electrons. The van der Waals surface area contributed by atoms with Crippen LogP contribution in [0.5, 0.6) is 0 Å². The summed E-state index contributed by atoms with van der Waals surface area (Å²) in [7, 11) is -2.08. The molecule has 0 atom stereocenters. The first-order chi connectivity index (χ1) is 13.3. The van der Waals surface area contributed by atoms with E-state index in [0.29, 0.717) is 23.6 Å². The molecule has 0 radical (unpaired) electrons. The second-order valence-corrected chi connectivity index (χ2v) is 8.01. The summed E-state index contributed by atoms with van der Waals surface area (Å²) < 4.78 is 32.5. The van der Waals surface area contributed by atoms with E-state index in [1.165, 1.54) is 41.6 Å². The third-order valence-corrected chi connectivity index (χ3v) is 5.66. The zero-order valence-electron chi connectivity index (χ0n) is 15.7. The Morgan fingerprint density at radius 2 is 1.75 bits per heavy atom. The fourth-order valence-corrected chi connectivity index (χ4v) is 3.73.